The Kier molecular flexibility index (Phi) is 7.85. The number of carbonyl (C=O) groups is 2. The fourth-order valence-electron chi connectivity index (χ4n) is 5.53. The third-order valence-corrected chi connectivity index (χ3v) is 11.2. The Morgan fingerprint density at radius 3 is 2.77 bits per heavy atom. The number of nitrogens with two attached hydrogens (primary N) is 1. The van der Waals surface area contributed by atoms with Gasteiger partial charge in [-0.2, -0.15) is 4.31 Å². The van der Waals surface area contributed by atoms with E-state index >= 15 is 0 Å². The molecule has 1 amide bonds. The van der Waals surface area contributed by atoms with Gasteiger partial charge in [0.1, 0.15) is 8.55 Å². The summed E-state index contributed by atoms with van der Waals surface area (Å²) in [7, 11) is -2.04. The van der Waals surface area contributed by atoms with Crippen LogP contribution in [0.4, 0.5) is 11.4 Å². The van der Waals surface area contributed by atoms with Crippen LogP contribution in [0.1, 0.15) is 48.0 Å². The molecule has 2 aliphatic rings. The highest BCUT2D eigenvalue weighted by molar-refractivity contribution is 7.91. The van der Waals surface area contributed by atoms with E-state index in [-0.39, 0.29) is 38.9 Å². The maximum atomic E-state index is 13.6. The molecule has 0 aliphatic carbocycles. The minimum atomic E-state index is -3.93. The van der Waals surface area contributed by atoms with Crippen LogP contribution >= 0.6 is 22.9 Å². The van der Waals surface area contributed by atoms with Crippen LogP contribution in [0.15, 0.2) is 47.2 Å². The number of piperidine rings is 1. The number of hydrogen-bond donors (Lipinski definition) is 2. The Morgan fingerprint density at radius 1 is 1.26 bits per heavy atom. The number of amides is 1. The number of carbonyl (C=O) groups excluding carboxylic acids is 2. The molecule has 0 bridgehead atoms. The van der Waals surface area contributed by atoms with Crippen LogP contribution in [0, 0.1) is 0 Å². The largest absolute Gasteiger partial charge is 0.397 e. The third kappa shape index (κ3) is 5.00. The first-order chi connectivity index (χ1) is 18.6. The summed E-state index contributed by atoms with van der Waals surface area (Å²) in [6, 6.07) is 10.0. The zero-order chi connectivity index (χ0) is 27.9. The average Bonchev–Trinajstić information content (AvgIpc) is 3.41. The van der Waals surface area contributed by atoms with Gasteiger partial charge in [-0.1, -0.05) is 42.8 Å². The van der Waals surface area contributed by atoms with Crippen molar-refractivity contribution in [3.05, 3.63) is 58.4 Å². The van der Waals surface area contributed by atoms with Crippen molar-refractivity contribution in [2.24, 2.45) is 0 Å². The van der Waals surface area contributed by atoms with Crippen LogP contribution in [-0.2, 0) is 14.8 Å². The molecule has 2 aliphatic heterocycles. The number of Topliss-reactive ketones (excluding diaryl/α,β-unsaturated/α-hetero) is 1. The summed E-state index contributed by atoms with van der Waals surface area (Å²) < 4.78 is 28.4. The summed E-state index contributed by atoms with van der Waals surface area (Å²) in [5, 5.41) is 4.85. The van der Waals surface area contributed by atoms with Gasteiger partial charge in [-0.15, -0.1) is 11.3 Å². The Hall–Kier alpha value is -2.76. The molecular formula is C28H31ClN4O4S2. The summed E-state index contributed by atoms with van der Waals surface area (Å²) in [5.74, 6) is -0.227. The predicted molar refractivity (Wildman–Crippen MR) is 158 cm³/mol. The molecular weight excluding hydrogens is 556 g/mol. The number of benzene rings is 2. The summed E-state index contributed by atoms with van der Waals surface area (Å²) in [5.41, 5.74) is 8.90. The van der Waals surface area contributed by atoms with Crippen molar-refractivity contribution in [1.29, 1.82) is 0 Å². The van der Waals surface area contributed by atoms with E-state index in [4.69, 9.17) is 17.3 Å². The second-order valence-corrected chi connectivity index (χ2v) is 13.7. The Bertz CT molecular complexity index is 1560. The van der Waals surface area contributed by atoms with Gasteiger partial charge in [0.25, 0.3) is 15.9 Å². The molecule has 3 aromatic rings. The molecule has 5 rings (SSSR count). The molecule has 0 saturated carbocycles. The molecule has 0 spiro atoms. The van der Waals surface area contributed by atoms with E-state index in [1.807, 2.05) is 37.4 Å². The number of allylic oxidation sites excluding steroid dienone is 1. The summed E-state index contributed by atoms with van der Waals surface area (Å²) >= 11 is 6.94. The lowest BCUT2D eigenvalue weighted by atomic mass is 9.91. The van der Waals surface area contributed by atoms with Gasteiger partial charge in [-0.3, -0.25) is 9.59 Å². The van der Waals surface area contributed by atoms with Crippen molar-refractivity contribution in [1.82, 2.24) is 9.62 Å². The van der Waals surface area contributed by atoms with Crippen LogP contribution in [-0.4, -0.2) is 57.1 Å². The number of rotatable bonds is 10. The van der Waals surface area contributed by atoms with Gasteiger partial charge in [0.15, 0.2) is 5.78 Å². The lowest BCUT2D eigenvalue weighted by molar-refractivity contribution is -0.122. The van der Waals surface area contributed by atoms with Crippen molar-refractivity contribution in [2.45, 2.75) is 42.4 Å². The van der Waals surface area contributed by atoms with E-state index in [0.717, 1.165) is 52.7 Å². The molecule has 1 fully saturated rings. The minimum absolute atomic E-state index is 0.00251. The van der Waals surface area contributed by atoms with E-state index in [9.17, 15) is 18.0 Å². The van der Waals surface area contributed by atoms with E-state index < -0.39 is 16.1 Å². The van der Waals surface area contributed by atoms with Gasteiger partial charge >= 0.3 is 0 Å². The Labute approximate surface area is 237 Å². The highest BCUT2D eigenvalue weighted by atomic mass is 35.5. The summed E-state index contributed by atoms with van der Waals surface area (Å²) in [4.78, 5) is 28.6. The molecule has 206 valence electrons. The average molecular weight is 587 g/mol. The summed E-state index contributed by atoms with van der Waals surface area (Å²) in [6.45, 7) is 5.89. The zero-order valence-corrected chi connectivity index (χ0v) is 24.1. The van der Waals surface area contributed by atoms with Crippen molar-refractivity contribution < 1.29 is 18.0 Å². The number of hydrogen-bond acceptors (Lipinski definition) is 7. The maximum Gasteiger partial charge on any atom is 0.258 e. The SMILES string of the molecule is C=C(CC(=O)C1CCCCN1S(=O)(=O)c1cc(N)c(Cl)s1)c1ccc2c3c(cccc13)C(=O)N2CCCNC. The number of nitrogen functional groups attached to an aromatic ring is 1. The molecule has 1 aromatic heterocycles. The number of nitrogens with zero attached hydrogens (tertiary/aromatic N) is 2. The van der Waals surface area contributed by atoms with Gasteiger partial charge in [-0.25, -0.2) is 8.42 Å². The van der Waals surface area contributed by atoms with Crippen LogP contribution in [0.3, 0.4) is 0 Å². The molecule has 3 heterocycles. The smallest absolute Gasteiger partial charge is 0.258 e. The number of thiophene rings is 1. The van der Waals surface area contributed by atoms with Crippen LogP contribution in [0.2, 0.25) is 4.34 Å². The molecule has 0 radical (unpaired) electrons. The Balaban J connectivity index is 1.41. The molecule has 2 aromatic carbocycles. The molecule has 1 saturated heterocycles. The normalized spacial score (nSPS) is 17.7. The number of ketones is 1. The molecule has 39 heavy (non-hydrogen) atoms. The Morgan fingerprint density at radius 2 is 2.05 bits per heavy atom. The lowest BCUT2D eigenvalue weighted by Gasteiger charge is -2.33. The predicted octanol–water partition coefficient (Wildman–Crippen LogP) is 4.92. The number of nitrogens with one attached hydrogen (secondary N) is 1. The minimum Gasteiger partial charge on any atom is -0.397 e. The van der Waals surface area contributed by atoms with E-state index in [1.165, 1.54) is 10.4 Å². The summed E-state index contributed by atoms with van der Waals surface area (Å²) in [6.07, 6.45) is 2.70. The van der Waals surface area contributed by atoms with E-state index in [2.05, 4.69) is 11.9 Å². The van der Waals surface area contributed by atoms with Crippen molar-refractivity contribution in [3.8, 4) is 0 Å². The number of halogens is 1. The highest BCUT2D eigenvalue weighted by Gasteiger charge is 2.39. The zero-order valence-electron chi connectivity index (χ0n) is 21.7. The van der Waals surface area contributed by atoms with Crippen LogP contribution in [0.5, 0.6) is 0 Å². The highest BCUT2D eigenvalue weighted by Crippen LogP contribution is 2.41. The molecule has 11 heteroatoms. The van der Waals surface area contributed by atoms with Crippen LogP contribution in [0.25, 0.3) is 16.3 Å². The van der Waals surface area contributed by atoms with Gasteiger partial charge in [-0.05, 0) is 67.6 Å². The number of anilines is 2. The van der Waals surface area contributed by atoms with Gasteiger partial charge in [0, 0.05) is 30.5 Å². The second-order valence-electron chi connectivity index (χ2n) is 9.94. The van der Waals surface area contributed by atoms with Gasteiger partial charge < -0.3 is 16.0 Å². The first-order valence-corrected chi connectivity index (χ1v) is 15.6. The molecule has 8 nitrogen and oxygen atoms in total. The fourth-order valence-corrected chi connectivity index (χ4v) is 8.90. The quantitative estimate of drug-likeness (QED) is 0.326. The van der Waals surface area contributed by atoms with Crippen LogP contribution < -0.4 is 16.0 Å². The van der Waals surface area contributed by atoms with Crippen molar-refractivity contribution in [3.63, 3.8) is 0 Å². The van der Waals surface area contributed by atoms with Gasteiger partial charge in [0.05, 0.1) is 17.4 Å². The van der Waals surface area contributed by atoms with Crippen molar-refractivity contribution in [2.75, 3.05) is 37.3 Å². The van der Waals surface area contributed by atoms with Crippen molar-refractivity contribution >= 4 is 72.4 Å². The number of sulfonamides is 1. The third-order valence-electron chi connectivity index (χ3n) is 7.44. The lowest BCUT2D eigenvalue weighted by Crippen LogP contribution is -2.47. The maximum absolute atomic E-state index is 13.6. The second kappa shape index (κ2) is 11.0. The van der Waals surface area contributed by atoms with Gasteiger partial charge in [0.2, 0.25) is 0 Å². The standard InChI is InChI=1S/C28H31ClN4O4S2/c1-17(15-24(34)22-9-3-4-14-33(22)39(36,37)25-16-21(30)27(29)38-25)18-10-11-23-26-19(18)7-5-8-20(26)28(35)32(23)13-6-12-31-2/h5,7-8,10-11,16,22,31H,1,3-4,6,9,12-15,30H2,2H3. The van der Waals surface area contributed by atoms with E-state index in [1.54, 1.807) is 4.90 Å². The fraction of sp³-hybridized carbons (Fsp3) is 0.357. The monoisotopic (exact) mass is 586 g/mol. The molecule has 1 atom stereocenters. The molecule has 3 N–H and O–H groups in total. The topological polar surface area (TPSA) is 113 Å². The molecule has 1 unspecified atom stereocenters. The first-order valence-electron chi connectivity index (χ1n) is 12.9. The van der Waals surface area contributed by atoms with E-state index in [0.29, 0.717) is 30.5 Å². The first kappa shape index (κ1) is 27.8.